The number of hydrogen-bond acceptors (Lipinski definition) is 4. The molecule has 8 heteroatoms. The van der Waals surface area contributed by atoms with E-state index in [0.717, 1.165) is 18.5 Å². The van der Waals surface area contributed by atoms with Crippen LogP contribution >= 0.6 is 11.6 Å². The monoisotopic (exact) mass is 428 g/mol. The molecule has 2 saturated carbocycles. The Kier molecular flexibility index (Phi) is 5.70. The molecule has 3 amide bonds. The van der Waals surface area contributed by atoms with Crippen LogP contribution in [0.15, 0.2) is 24.3 Å². The lowest BCUT2D eigenvalue weighted by molar-refractivity contribution is -0.146. The number of nitriles is 1. The Morgan fingerprint density at radius 2 is 1.77 bits per heavy atom. The van der Waals surface area contributed by atoms with Gasteiger partial charge >= 0.3 is 0 Å². The molecule has 2 atom stereocenters. The highest BCUT2D eigenvalue weighted by atomic mass is 35.5. The Labute approximate surface area is 181 Å². The van der Waals surface area contributed by atoms with Crippen molar-refractivity contribution in [1.82, 2.24) is 10.2 Å². The fourth-order valence-corrected chi connectivity index (χ4v) is 4.57. The van der Waals surface area contributed by atoms with Crippen LogP contribution in [0, 0.1) is 23.2 Å². The third-order valence-electron chi connectivity index (χ3n) is 6.42. The van der Waals surface area contributed by atoms with E-state index in [1.165, 1.54) is 0 Å². The summed E-state index contributed by atoms with van der Waals surface area (Å²) in [4.78, 5) is 42.0. The first kappa shape index (κ1) is 20.7. The highest BCUT2D eigenvalue weighted by molar-refractivity contribution is 6.30. The van der Waals surface area contributed by atoms with Crippen LogP contribution in [0.1, 0.15) is 38.5 Å². The summed E-state index contributed by atoms with van der Waals surface area (Å²) in [5.74, 6) is -1.32. The van der Waals surface area contributed by atoms with Gasteiger partial charge in [-0.05, 0) is 49.9 Å². The predicted molar refractivity (Wildman–Crippen MR) is 112 cm³/mol. The van der Waals surface area contributed by atoms with Crippen LogP contribution in [-0.2, 0) is 14.4 Å². The number of nitrogens with zero attached hydrogens (tertiary/aromatic N) is 3. The minimum absolute atomic E-state index is 0.00836. The van der Waals surface area contributed by atoms with E-state index in [4.69, 9.17) is 11.6 Å². The van der Waals surface area contributed by atoms with Crippen LogP contribution < -0.4 is 10.2 Å². The number of amides is 3. The number of hydrogen-bond donors (Lipinski definition) is 1. The van der Waals surface area contributed by atoms with Crippen LogP contribution in [0.5, 0.6) is 0 Å². The summed E-state index contributed by atoms with van der Waals surface area (Å²) >= 11 is 5.92. The maximum atomic E-state index is 13.2. The van der Waals surface area contributed by atoms with Crippen LogP contribution in [-0.4, -0.2) is 47.8 Å². The summed E-state index contributed by atoms with van der Waals surface area (Å²) in [6.07, 6.45) is 4.40. The molecule has 1 aliphatic heterocycles. The van der Waals surface area contributed by atoms with Crippen LogP contribution in [0.4, 0.5) is 5.69 Å². The predicted octanol–water partition coefficient (Wildman–Crippen LogP) is 2.49. The molecule has 30 heavy (non-hydrogen) atoms. The van der Waals surface area contributed by atoms with Gasteiger partial charge in [-0.15, -0.1) is 0 Å². The van der Waals surface area contributed by atoms with Gasteiger partial charge in [0.2, 0.25) is 17.7 Å². The fraction of sp³-hybridized carbons (Fsp3) is 0.545. The zero-order chi connectivity index (χ0) is 21.3. The second-order valence-electron chi connectivity index (χ2n) is 8.46. The van der Waals surface area contributed by atoms with Gasteiger partial charge in [0.1, 0.15) is 12.1 Å². The molecule has 0 aromatic heterocycles. The van der Waals surface area contributed by atoms with E-state index in [1.54, 1.807) is 34.1 Å². The van der Waals surface area contributed by atoms with Gasteiger partial charge in [-0.3, -0.25) is 14.4 Å². The molecule has 7 nitrogen and oxygen atoms in total. The van der Waals surface area contributed by atoms with E-state index in [-0.39, 0.29) is 24.3 Å². The van der Waals surface area contributed by atoms with E-state index >= 15 is 0 Å². The topological polar surface area (TPSA) is 93.5 Å². The van der Waals surface area contributed by atoms with E-state index in [0.29, 0.717) is 43.8 Å². The van der Waals surface area contributed by atoms with E-state index in [9.17, 15) is 19.6 Å². The molecule has 2 aliphatic carbocycles. The van der Waals surface area contributed by atoms with Crippen LogP contribution in [0.25, 0.3) is 0 Å². The third kappa shape index (κ3) is 4.15. The summed E-state index contributed by atoms with van der Waals surface area (Å²) in [5.41, 5.74) is 0.0279. The standard InChI is InChI=1S/C22H25ClN4O3/c23-15-5-7-16(8-6-15)27-12-11-26(13-19(27)28)21(30)18-4-2-1-3-17(18)20(29)25-22(14-24)9-10-22/h5-8,17-18H,1-4,9-13H2,(H,25,29)/t17-,18-/m1/s1. The molecule has 0 bridgehead atoms. The number of nitrogens with one attached hydrogen (secondary N) is 1. The molecule has 0 radical (unpaired) electrons. The molecule has 1 saturated heterocycles. The number of benzene rings is 1. The van der Waals surface area contributed by atoms with Gasteiger partial charge in [0.15, 0.2) is 0 Å². The number of piperazine rings is 1. The molecule has 0 spiro atoms. The van der Waals surface area contributed by atoms with Gasteiger partial charge in [0.25, 0.3) is 0 Å². The molecule has 4 rings (SSSR count). The van der Waals surface area contributed by atoms with E-state index in [2.05, 4.69) is 11.4 Å². The van der Waals surface area contributed by atoms with Crippen molar-refractivity contribution in [2.24, 2.45) is 11.8 Å². The quantitative estimate of drug-likeness (QED) is 0.797. The van der Waals surface area contributed by atoms with Gasteiger partial charge in [0.05, 0.1) is 6.07 Å². The van der Waals surface area contributed by atoms with Crippen molar-refractivity contribution in [3.05, 3.63) is 29.3 Å². The fourth-order valence-electron chi connectivity index (χ4n) is 4.45. The third-order valence-corrected chi connectivity index (χ3v) is 6.67. The second-order valence-corrected chi connectivity index (χ2v) is 8.90. The molecule has 3 aliphatic rings. The number of rotatable bonds is 4. The summed E-state index contributed by atoms with van der Waals surface area (Å²) < 4.78 is 0. The van der Waals surface area contributed by atoms with Crippen molar-refractivity contribution in [2.45, 2.75) is 44.1 Å². The van der Waals surface area contributed by atoms with Gasteiger partial charge < -0.3 is 15.1 Å². The lowest BCUT2D eigenvalue weighted by Gasteiger charge is -2.38. The summed E-state index contributed by atoms with van der Waals surface area (Å²) in [6, 6.07) is 9.24. The second kappa shape index (κ2) is 8.27. The van der Waals surface area contributed by atoms with Crippen molar-refractivity contribution in [1.29, 1.82) is 5.26 Å². The first-order valence-electron chi connectivity index (χ1n) is 10.5. The molecule has 158 valence electrons. The average Bonchev–Trinajstić information content (AvgIpc) is 3.54. The number of carbonyl (C=O) groups is 3. The van der Waals surface area contributed by atoms with E-state index in [1.807, 2.05) is 0 Å². The average molecular weight is 429 g/mol. The highest BCUT2D eigenvalue weighted by Gasteiger charge is 2.47. The van der Waals surface area contributed by atoms with Crippen LogP contribution in [0.3, 0.4) is 0 Å². The lowest BCUT2D eigenvalue weighted by atomic mass is 9.77. The summed E-state index contributed by atoms with van der Waals surface area (Å²) in [7, 11) is 0. The Morgan fingerprint density at radius 1 is 1.10 bits per heavy atom. The maximum Gasteiger partial charge on any atom is 0.246 e. The zero-order valence-corrected chi connectivity index (χ0v) is 17.5. The Bertz CT molecular complexity index is 891. The van der Waals surface area contributed by atoms with Crippen molar-refractivity contribution in [3.8, 4) is 6.07 Å². The highest BCUT2D eigenvalue weighted by Crippen LogP contribution is 2.37. The maximum absolute atomic E-state index is 13.2. The van der Waals surface area contributed by atoms with Gasteiger partial charge in [0, 0.05) is 35.6 Å². The number of halogens is 1. The molecular formula is C22H25ClN4O3. The summed E-state index contributed by atoms with van der Waals surface area (Å²) in [6.45, 7) is 0.849. The normalized spacial score (nSPS) is 25.4. The van der Waals surface area contributed by atoms with Crippen molar-refractivity contribution in [3.63, 3.8) is 0 Å². The minimum atomic E-state index is -0.734. The molecule has 1 aromatic rings. The molecule has 1 N–H and O–H groups in total. The molecular weight excluding hydrogens is 404 g/mol. The first-order valence-corrected chi connectivity index (χ1v) is 10.9. The van der Waals surface area contributed by atoms with Crippen molar-refractivity contribution >= 4 is 35.0 Å². The minimum Gasteiger partial charge on any atom is -0.338 e. The zero-order valence-electron chi connectivity index (χ0n) is 16.8. The molecule has 1 heterocycles. The SMILES string of the molecule is N#CC1(NC(=O)[C@@H]2CCCC[C@H]2C(=O)N2CCN(c3ccc(Cl)cc3)C(=O)C2)CC1. The lowest BCUT2D eigenvalue weighted by Crippen LogP contribution is -2.55. The van der Waals surface area contributed by atoms with Gasteiger partial charge in [-0.2, -0.15) is 5.26 Å². The molecule has 0 unspecified atom stereocenters. The van der Waals surface area contributed by atoms with Crippen molar-refractivity contribution < 1.29 is 14.4 Å². The Hall–Kier alpha value is -2.59. The molecule has 1 aromatic carbocycles. The number of anilines is 1. The van der Waals surface area contributed by atoms with Crippen LogP contribution in [0.2, 0.25) is 5.02 Å². The van der Waals surface area contributed by atoms with Gasteiger partial charge in [-0.25, -0.2) is 0 Å². The Morgan fingerprint density at radius 3 is 2.37 bits per heavy atom. The van der Waals surface area contributed by atoms with E-state index < -0.39 is 17.4 Å². The Balaban J connectivity index is 1.41. The largest absolute Gasteiger partial charge is 0.338 e. The summed E-state index contributed by atoms with van der Waals surface area (Å²) in [5, 5.41) is 12.7. The smallest absolute Gasteiger partial charge is 0.246 e. The van der Waals surface area contributed by atoms with Gasteiger partial charge in [-0.1, -0.05) is 24.4 Å². The number of carbonyl (C=O) groups excluding carboxylic acids is 3. The first-order chi connectivity index (χ1) is 14.4. The molecule has 3 fully saturated rings. The van der Waals surface area contributed by atoms with Crippen molar-refractivity contribution in [2.75, 3.05) is 24.5 Å².